The molecular formula is C54H46N4O. The van der Waals surface area contributed by atoms with E-state index in [1.807, 2.05) is 18.2 Å². The summed E-state index contributed by atoms with van der Waals surface area (Å²) in [7, 11) is 0. The van der Waals surface area contributed by atoms with Crippen LogP contribution in [0.3, 0.4) is 0 Å². The number of hydrogen-bond acceptors (Lipinski definition) is 5. The average Bonchev–Trinajstić information content (AvgIpc) is 3.75. The third kappa shape index (κ3) is 5.68. The summed E-state index contributed by atoms with van der Waals surface area (Å²) in [6, 6.07) is 47.2. The van der Waals surface area contributed by atoms with Crippen molar-refractivity contribution in [2.24, 2.45) is 17.8 Å². The van der Waals surface area contributed by atoms with Gasteiger partial charge in [-0.2, -0.15) is 5.26 Å². The Morgan fingerprint density at radius 2 is 1.27 bits per heavy atom. The molecule has 1 unspecified atom stereocenters. The Hall–Kier alpha value is -6.38. The van der Waals surface area contributed by atoms with Gasteiger partial charge in [0.05, 0.1) is 17.2 Å². The Morgan fingerprint density at radius 1 is 0.610 bits per heavy atom. The van der Waals surface area contributed by atoms with Crippen molar-refractivity contribution in [3.05, 3.63) is 150 Å². The third-order valence-corrected chi connectivity index (χ3v) is 13.9. The second kappa shape index (κ2) is 13.3. The Bertz CT molecular complexity index is 2990. The van der Waals surface area contributed by atoms with Gasteiger partial charge in [-0.15, -0.1) is 0 Å². The van der Waals surface area contributed by atoms with Crippen molar-refractivity contribution in [3.8, 4) is 62.5 Å². The van der Waals surface area contributed by atoms with Crippen LogP contribution in [0.15, 0.2) is 132 Å². The molecule has 6 aromatic carbocycles. The maximum absolute atomic E-state index is 10.2. The molecule has 4 atom stereocenters. The van der Waals surface area contributed by atoms with Gasteiger partial charge in [-0.05, 0) is 118 Å². The van der Waals surface area contributed by atoms with Crippen molar-refractivity contribution in [1.29, 1.82) is 5.26 Å². The van der Waals surface area contributed by atoms with Crippen molar-refractivity contribution < 1.29 is 4.42 Å². The molecule has 11 rings (SSSR count). The van der Waals surface area contributed by atoms with E-state index >= 15 is 0 Å². The highest BCUT2D eigenvalue weighted by atomic mass is 16.3. The van der Waals surface area contributed by atoms with Crippen molar-refractivity contribution in [3.63, 3.8) is 0 Å². The lowest BCUT2D eigenvalue weighted by Crippen LogP contribution is -2.42. The summed E-state index contributed by atoms with van der Waals surface area (Å²) in [6.07, 6.45) is 6.52. The number of furan rings is 1. The van der Waals surface area contributed by atoms with Crippen LogP contribution in [0.4, 0.5) is 0 Å². The Labute approximate surface area is 345 Å². The van der Waals surface area contributed by atoms with Crippen LogP contribution in [0.5, 0.6) is 0 Å². The SMILES string of the molecule is C[C@@H]1C[C@@H]2C[C@H](C)CC(c3ccc(-c4nc(-c5cccc6c5-c5cccc(C#N)c5C6(C)C)nc(-c5cccc6c5oc5ccc(-c7ccccc7)cc56)n4)cc3)(C1)C2. The Kier molecular flexibility index (Phi) is 8.08. The minimum atomic E-state index is -0.369. The summed E-state index contributed by atoms with van der Waals surface area (Å²) >= 11 is 0. The fraction of sp³-hybridized carbons (Fsp3) is 0.259. The van der Waals surface area contributed by atoms with E-state index in [9.17, 15) is 5.26 Å². The minimum absolute atomic E-state index is 0.234. The van der Waals surface area contributed by atoms with E-state index in [0.29, 0.717) is 23.0 Å². The van der Waals surface area contributed by atoms with E-state index in [-0.39, 0.29) is 10.8 Å². The van der Waals surface area contributed by atoms with E-state index in [1.165, 1.54) is 37.7 Å². The van der Waals surface area contributed by atoms with E-state index < -0.39 is 0 Å². The largest absolute Gasteiger partial charge is 0.455 e. The molecular weight excluding hydrogens is 721 g/mol. The maximum Gasteiger partial charge on any atom is 0.167 e. The second-order valence-corrected chi connectivity index (χ2v) is 18.4. The number of benzene rings is 6. The first-order valence-electron chi connectivity index (χ1n) is 21.2. The molecule has 5 heteroatoms. The fourth-order valence-corrected chi connectivity index (χ4v) is 11.8. The molecule has 3 aliphatic rings. The molecule has 8 aromatic rings. The zero-order valence-corrected chi connectivity index (χ0v) is 34.1. The molecule has 0 spiro atoms. The molecule has 2 saturated carbocycles. The van der Waals surface area contributed by atoms with Crippen LogP contribution in [0.1, 0.15) is 82.1 Å². The third-order valence-electron chi connectivity index (χ3n) is 13.9. The zero-order valence-electron chi connectivity index (χ0n) is 34.1. The standard InChI is InChI=1S/C54H46N4O/c1-32-25-34-26-33(2)29-54(28-32,30-34)39-22-19-36(20-23-39)50-56-51(42-16-10-18-45-47(42)41-15-8-13-38(31-55)48(41)53(45,3)4)58-52(57-50)43-17-9-14-40-44-27-37(35-11-6-5-7-12-35)21-24-46(44)59-49(40)43/h5-24,27,32-34H,25-26,28-30H2,1-4H3/t32-,33+,34-,54?. The molecule has 5 nitrogen and oxygen atoms in total. The molecule has 288 valence electrons. The van der Waals surface area contributed by atoms with Gasteiger partial charge in [0.1, 0.15) is 11.2 Å². The highest BCUT2D eigenvalue weighted by Gasteiger charge is 2.45. The lowest BCUT2D eigenvalue weighted by Gasteiger charge is -2.50. The van der Waals surface area contributed by atoms with Crippen LogP contribution >= 0.6 is 0 Å². The van der Waals surface area contributed by atoms with Gasteiger partial charge in [0, 0.05) is 27.3 Å². The summed E-state index contributed by atoms with van der Waals surface area (Å²) in [6.45, 7) is 9.32. The lowest BCUT2D eigenvalue weighted by molar-refractivity contribution is 0.0780. The topological polar surface area (TPSA) is 75.6 Å². The highest BCUT2D eigenvalue weighted by molar-refractivity contribution is 6.10. The number of para-hydroxylation sites is 1. The van der Waals surface area contributed by atoms with Crippen molar-refractivity contribution in [2.45, 2.75) is 70.6 Å². The van der Waals surface area contributed by atoms with E-state index in [4.69, 9.17) is 19.4 Å². The van der Waals surface area contributed by atoms with E-state index in [2.05, 4.69) is 143 Å². The number of hydrogen-bond donors (Lipinski definition) is 0. The van der Waals surface area contributed by atoms with Gasteiger partial charge in [0.25, 0.3) is 0 Å². The molecule has 59 heavy (non-hydrogen) atoms. The number of fused-ring (bicyclic) bond motifs is 8. The number of nitrogens with zero attached hydrogens (tertiary/aromatic N) is 4. The molecule has 0 saturated heterocycles. The van der Waals surface area contributed by atoms with Crippen LogP contribution in [0.25, 0.3) is 78.4 Å². The second-order valence-electron chi connectivity index (χ2n) is 18.4. The van der Waals surface area contributed by atoms with Gasteiger partial charge < -0.3 is 4.42 Å². The fourth-order valence-electron chi connectivity index (χ4n) is 11.8. The van der Waals surface area contributed by atoms with Gasteiger partial charge in [0.15, 0.2) is 17.5 Å². The molecule has 0 amide bonds. The van der Waals surface area contributed by atoms with Gasteiger partial charge >= 0.3 is 0 Å². The molecule has 0 N–H and O–H groups in total. The van der Waals surface area contributed by atoms with Crippen molar-refractivity contribution >= 4 is 21.9 Å². The summed E-state index contributed by atoms with van der Waals surface area (Å²) in [5, 5.41) is 12.3. The van der Waals surface area contributed by atoms with E-state index in [0.717, 1.165) is 89.8 Å². The average molecular weight is 767 g/mol. The zero-order chi connectivity index (χ0) is 40.0. The molecule has 2 bridgehead atoms. The van der Waals surface area contributed by atoms with Gasteiger partial charge in [0.2, 0.25) is 0 Å². The monoisotopic (exact) mass is 766 g/mol. The maximum atomic E-state index is 10.2. The van der Waals surface area contributed by atoms with Crippen LogP contribution in [-0.2, 0) is 10.8 Å². The molecule has 2 heterocycles. The van der Waals surface area contributed by atoms with Crippen LogP contribution in [0, 0.1) is 29.1 Å². The summed E-state index contributed by atoms with van der Waals surface area (Å²) < 4.78 is 6.70. The molecule has 2 fully saturated rings. The minimum Gasteiger partial charge on any atom is -0.455 e. The van der Waals surface area contributed by atoms with Crippen LogP contribution in [0.2, 0.25) is 0 Å². The van der Waals surface area contributed by atoms with Gasteiger partial charge in [-0.3, -0.25) is 0 Å². The van der Waals surface area contributed by atoms with Crippen LogP contribution < -0.4 is 0 Å². The quantitative estimate of drug-likeness (QED) is 0.174. The summed E-state index contributed by atoms with van der Waals surface area (Å²) in [4.78, 5) is 15.9. The smallest absolute Gasteiger partial charge is 0.167 e. The normalized spacial score (nSPS) is 21.6. The van der Waals surface area contributed by atoms with E-state index in [1.54, 1.807) is 0 Å². The molecule has 3 aliphatic carbocycles. The van der Waals surface area contributed by atoms with Crippen molar-refractivity contribution in [1.82, 2.24) is 15.0 Å². The first-order chi connectivity index (χ1) is 28.7. The molecule has 0 aliphatic heterocycles. The number of nitriles is 1. The van der Waals surface area contributed by atoms with Crippen LogP contribution in [-0.4, -0.2) is 15.0 Å². The first-order valence-corrected chi connectivity index (χ1v) is 21.2. The van der Waals surface area contributed by atoms with Gasteiger partial charge in [-0.1, -0.05) is 131 Å². The molecule has 2 aromatic heterocycles. The predicted octanol–water partition coefficient (Wildman–Crippen LogP) is 13.7. The highest BCUT2D eigenvalue weighted by Crippen LogP contribution is 2.55. The van der Waals surface area contributed by atoms with Crippen molar-refractivity contribution in [2.75, 3.05) is 0 Å². The summed E-state index contributed by atoms with van der Waals surface area (Å²) in [5.74, 6) is 4.08. The first kappa shape index (κ1) is 35.8. The number of rotatable bonds is 5. The number of aromatic nitrogens is 3. The lowest BCUT2D eigenvalue weighted by atomic mass is 9.54. The predicted molar refractivity (Wildman–Crippen MR) is 238 cm³/mol. The molecule has 0 radical (unpaired) electrons. The Morgan fingerprint density at radius 3 is 2.03 bits per heavy atom. The van der Waals surface area contributed by atoms with Gasteiger partial charge in [-0.25, -0.2) is 15.0 Å². The summed E-state index contributed by atoms with van der Waals surface area (Å²) in [5.41, 5.74) is 12.9. The Balaban J connectivity index is 1.10.